The first-order valence-electron chi connectivity index (χ1n) is 5.62. The lowest BCUT2D eigenvalue weighted by molar-refractivity contribution is -0.681. The van der Waals surface area contributed by atoms with Gasteiger partial charge in [-0.05, 0) is 17.7 Å². The molecule has 1 N–H and O–H groups in total. The van der Waals surface area contributed by atoms with E-state index in [0.717, 1.165) is 5.56 Å². The fourth-order valence-electron chi connectivity index (χ4n) is 1.89. The van der Waals surface area contributed by atoms with E-state index in [9.17, 15) is 9.59 Å². The molecule has 3 rings (SSSR count). The van der Waals surface area contributed by atoms with Gasteiger partial charge in [-0.2, -0.15) is 14.0 Å². The van der Waals surface area contributed by atoms with E-state index in [1.165, 1.54) is 20.3 Å². The summed E-state index contributed by atoms with van der Waals surface area (Å²) >= 11 is 13.1. The average molecular weight is 329 g/mol. The third kappa shape index (κ3) is 2.26. The highest BCUT2D eigenvalue weighted by Crippen LogP contribution is 2.22. The summed E-state index contributed by atoms with van der Waals surface area (Å²) < 4.78 is 2.87. The molecule has 0 fully saturated rings. The maximum atomic E-state index is 11.9. The molecular weight excluding hydrogens is 321 g/mol. The van der Waals surface area contributed by atoms with Gasteiger partial charge in [0.15, 0.2) is 0 Å². The zero-order valence-electron chi connectivity index (χ0n) is 9.97. The molecule has 0 aliphatic carbocycles. The summed E-state index contributed by atoms with van der Waals surface area (Å²) in [5, 5.41) is 2.63. The number of hydrogen-bond donors (Lipinski definition) is 1. The van der Waals surface area contributed by atoms with Crippen molar-refractivity contribution in [1.29, 1.82) is 0 Å². The van der Waals surface area contributed by atoms with Gasteiger partial charge in [0.2, 0.25) is 0 Å². The lowest BCUT2D eigenvalue weighted by atomic mass is 10.2. The Morgan fingerprint density at radius 1 is 1.25 bits per heavy atom. The molecule has 0 radical (unpaired) electrons. The van der Waals surface area contributed by atoms with Crippen LogP contribution in [0.1, 0.15) is 5.56 Å². The molecule has 0 saturated carbocycles. The fraction of sp³-hybridized carbons (Fsp3) is 0.0833. The molecule has 2 aromatic heterocycles. The number of fused-ring (bicyclic) bond motifs is 1. The fourth-order valence-corrected chi connectivity index (χ4v) is 3.04. The highest BCUT2D eigenvalue weighted by Gasteiger charge is 2.16. The van der Waals surface area contributed by atoms with Crippen molar-refractivity contribution in [3.05, 3.63) is 66.4 Å². The zero-order chi connectivity index (χ0) is 14.3. The smallest absolute Gasteiger partial charge is 0.212 e. The van der Waals surface area contributed by atoms with Crippen LogP contribution in [0.25, 0.3) is 4.96 Å². The first-order chi connectivity index (χ1) is 9.56. The van der Waals surface area contributed by atoms with Crippen molar-refractivity contribution in [2.24, 2.45) is 0 Å². The molecule has 8 heteroatoms. The lowest BCUT2D eigenvalue weighted by Gasteiger charge is -2.03. The van der Waals surface area contributed by atoms with Crippen LogP contribution in [-0.2, 0) is 6.54 Å². The molecule has 0 aliphatic rings. The normalized spacial score (nSPS) is 11.1. The van der Waals surface area contributed by atoms with Crippen LogP contribution in [0, 0.1) is 0 Å². The number of aromatic nitrogens is 3. The monoisotopic (exact) mass is 328 g/mol. The van der Waals surface area contributed by atoms with E-state index in [0.29, 0.717) is 21.6 Å². The largest absolute Gasteiger partial charge is 0.451 e. The second-order valence-electron chi connectivity index (χ2n) is 4.13. The molecule has 0 saturated heterocycles. The minimum absolute atomic E-state index is 0.302. The van der Waals surface area contributed by atoms with Gasteiger partial charge in [0.1, 0.15) is 6.54 Å². The molecule has 2 heterocycles. The van der Waals surface area contributed by atoms with E-state index in [2.05, 4.69) is 4.98 Å². The van der Waals surface area contributed by atoms with Crippen LogP contribution < -0.4 is 15.9 Å². The molecule has 0 bridgehead atoms. The zero-order valence-corrected chi connectivity index (χ0v) is 12.3. The number of benzene rings is 1. The molecule has 0 atom stereocenters. The molecule has 0 spiro atoms. The number of nitrogens with one attached hydrogen (secondary N) is 1. The van der Waals surface area contributed by atoms with Crippen LogP contribution in [0.4, 0.5) is 0 Å². The molecule has 0 amide bonds. The number of hydrogen-bond acceptors (Lipinski definition) is 3. The van der Waals surface area contributed by atoms with E-state index in [-0.39, 0.29) is 0 Å². The summed E-state index contributed by atoms with van der Waals surface area (Å²) in [4.78, 5) is 26.4. The van der Waals surface area contributed by atoms with Gasteiger partial charge in [-0.1, -0.05) is 40.6 Å². The topological polar surface area (TPSA) is 58.2 Å². The van der Waals surface area contributed by atoms with Gasteiger partial charge in [-0.3, -0.25) is 0 Å². The highest BCUT2D eigenvalue weighted by atomic mass is 35.5. The standard InChI is InChI=1S/C12H7Cl2N3O2S/c13-8-2-1-7(5-9(8)14)6-17-11(19)15-10(18)16-3-4-20-12(16)17/h1-5H,6H2/p+1. The van der Waals surface area contributed by atoms with Crippen LogP contribution in [0.5, 0.6) is 0 Å². The summed E-state index contributed by atoms with van der Waals surface area (Å²) in [6.07, 6.45) is 1.61. The Balaban J connectivity index is 2.15. The van der Waals surface area contributed by atoms with Crippen molar-refractivity contribution < 1.29 is 4.57 Å². The Hall–Kier alpha value is -1.63. The molecule has 1 aromatic carbocycles. The van der Waals surface area contributed by atoms with Crippen molar-refractivity contribution >= 4 is 39.5 Å². The van der Waals surface area contributed by atoms with Crippen LogP contribution in [0.3, 0.4) is 0 Å². The third-order valence-electron chi connectivity index (χ3n) is 2.82. The Bertz CT molecular complexity index is 913. The van der Waals surface area contributed by atoms with Crippen molar-refractivity contribution in [1.82, 2.24) is 9.38 Å². The second kappa shape index (κ2) is 5.05. The third-order valence-corrected chi connectivity index (χ3v) is 4.45. The van der Waals surface area contributed by atoms with E-state index in [4.69, 9.17) is 23.2 Å². The van der Waals surface area contributed by atoms with Crippen LogP contribution in [0.2, 0.25) is 10.0 Å². The number of thiazole rings is 1. The van der Waals surface area contributed by atoms with Gasteiger partial charge in [-0.25, -0.2) is 9.59 Å². The van der Waals surface area contributed by atoms with Gasteiger partial charge in [-0.15, -0.1) is 0 Å². The Morgan fingerprint density at radius 2 is 2.05 bits per heavy atom. The van der Waals surface area contributed by atoms with Crippen molar-refractivity contribution in [2.75, 3.05) is 0 Å². The van der Waals surface area contributed by atoms with Crippen molar-refractivity contribution in [2.45, 2.75) is 6.54 Å². The summed E-state index contributed by atoms with van der Waals surface area (Å²) in [6.45, 7) is 0.302. The Kier molecular flexibility index (Phi) is 3.37. The van der Waals surface area contributed by atoms with E-state index < -0.39 is 11.4 Å². The Morgan fingerprint density at radius 3 is 2.80 bits per heavy atom. The number of rotatable bonds is 2. The van der Waals surface area contributed by atoms with E-state index >= 15 is 0 Å². The van der Waals surface area contributed by atoms with Crippen LogP contribution in [-0.4, -0.2) is 9.38 Å². The SMILES string of the molecule is O=c1[nH]c(=O)[n+](Cc2ccc(Cl)c(Cl)c2)c2sccn12. The predicted octanol–water partition coefficient (Wildman–Crippen LogP) is 1.69. The molecule has 102 valence electrons. The minimum Gasteiger partial charge on any atom is -0.212 e. The summed E-state index contributed by atoms with van der Waals surface area (Å²) in [5.74, 6) is 0. The van der Waals surface area contributed by atoms with Gasteiger partial charge >= 0.3 is 11.4 Å². The molecule has 20 heavy (non-hydrogen) atoms. The average Bonchev–Trinajstić information content (AvgIpc) is 2.88. The number of H-pyrrole nitrogens is 1. The summed E-state index contributed by atoms with van der Waals surface area (Å²) in [7, 11) is 0. The first kappa shape index (κ1) is 13.4. The first-order valence-corrected chi connectivity index (χ1v) is 7.26. The molecule has 3 aromatic rings. The molecule has 5 nitrogen and oxygen atoms in total. The summed E-state index contributed by atoms with van der Waals surface area (Å²) in [6, 6.07) is 5.16. The van der Waals surface area contributed by atoms with Crippen LogP contribution >= 0.6 is 34.5 Å². The predicted molar refractivity (Wildman–Crippen MR) is 77.9 cm³/mol. The number of nitrogens with zero attached hydrogens (tertiary/aromatic N) is 2. The van der Waals surface area contributed by atoms with Crippen molar-refractivity contribution in [3.8, 4) is 0 Å². The second-order valence-corrected chi connectivity index (χ2v) is 5.81. The molecule has 0 aliphatic heterocycles. The van der Waals surface area contributed by atoms with Crippen LogP contribution in [0.15, 0.2) is 39.4 Å². The van der Waals surface area contributed by atoms with Gasteiger partial charge in [0.25, 0.3) is 4.96 Å². The minimum atomic E-state index is -0.455. The van der Waals surface area contributed by atoms with Gasteiger partial charge in [0.05, 0.1) is 16.2 Å². The maximum absolute atomic E-state index is 11.9. The van der Waals surface area contributed by atoms with Gasteiger partial charge < -0.3 is 0 Å². The quantitative estimate of drug-likeness (QED) is 0.728. The number of aromatic amines is 1. The number of halogens is 2. The summed E-state index contributed by atoms with van der Waals surface area (Å²) in [5.41, 5.74) is -0.0796. The Labute approximate surface area is 126 Å². The maximum Gasteiger partial charge on any atom is 0.451 e. The lowest BCUT2D eigenvalue weighted by Crippen LogP contribution is -2.55. The molecule has 0 unspecified atom stereocenters. The molecular formula is C12H8Cl2N3O2S+. The van der Waals surface area contributed by atoms with Gasteiger partial charge in [0, 0.05) is 5.38 Å². The highest BCUT2D eigenvalue weighted by molar-refractivity contribution is 7.14. The van der Waals surface area contributed by atoms with E-state index in [1.54, 1.807) is 29.8 Å². The van der Waals surface area contributed by atoms with Crippen molar-refractivity contribution in [3.63, 3.8) is 0 Å². The van der Waals surface area contributed by atoms with E-state index in [1.807, 2.05) is 0 Å².